The van der Waals surface area contributed by atoms with Crippen molar-refractivity contribution in [3.63, 3.8) is 0 Å². The Kier molecular flexibility index (Phi) is 5.19. The summed E-state index contributed by atoms with van der Waals surface area (Å²) in [5, 5.41) is 11.7. The van der Waals surface area contributed by atoms with E-state index in [4.69, 9.17) is 9.72 Å². The van der Waals surface area contributed by atoms with Gasteiger partial charge < -0.3 is 14.8 Å². The minimum absolute atomic E-state index is 0.134. The highest BCUT2D eigenvalue weighted by atomic mass is 16.5. The summed E-state index contributed by atoms with van der Waals surface area (Å²) in [6.07, 6.45) is 11.9. The van der Waals surface area contributed by atoms with Crippen LogP contribution in [0.2, 0.25) is 0 Å². The van der Waals surface area contributed by atoms with Gasteiger partial charge in [0, 0.05) is 17.4 Å². The predicted octanol–water partition coefficient (Wildman–Crippen LogP) is 6.07. The molecule has 0 bridgehead atoms. The number of phenols is 1. The average molecular weight is 433 g/mol. The summed E-state index contributed by atoms with van der Waals surface area (Å²) < 4.78 is 6.56. The number of unbranched alkanes of at least 4 members (excludes halogenated alkanes) is 2. The summed E-state index contributed by atoms with van der Waals surface area (Å²) in [7, 11) is 0. The molecule has 2 atom stereocenters. The number of H-pyrrole nitrogens is 1. The van der Waals surface area contributed by atoms with Gasteiger partial charge in [-0.15, -0.1) is 0 Å². The lowest BCUT2D eigenvalue weighted by Gasteiger charge is -2.46. The normalized spacial score (nSPS) is 21.6. The summed E-state index contributed by atoms with van der Waals surface area (Å²) >= 11 is 0. The van der Waals surface area contributed by atoms with Crippen molar-refractivity contribution in [1.29, 1.82) is 0 Å². The molecule has 0 saturated carbocycles. The van der Waals surface area contributed by atoms with Crippen LogP contribution < -0.4 is 4.74 Å². The molecule has 0 amide bonds. The molecule has 2 aromatic heterocycles. The molecule has 0 fully saturated rings. The molecule has 6 heteroatoms. The number of allylic oxidation sites excluding steroid dienone is 2. The molecule has 2 aliphatic rings. The number of aromatic nitrogens is 4. The number of nitrogens with zero attached hydrogens (tertiary/aromatic N) is 3. The number of hydrogen-bond acceptors (Lipinski definition) is 5. The molecule has 168 valence electrons. The first-order chi connectivity index (χ1) is 15.4. The van der Waals surface area contributed by atoms with Crippen LogP contribution in [0.4, 0.5) is 0 Å². The summed E-state index contributed by atoms with van der Waals surface area (Å²) in [5.74, 6) is 2.20. The van der Waals surface area contributed by atoms with Crippen molar-refractivity contribution in [2.24, 2.45) is 5.92 Å². The molecule has 32 heavy (non-hydrogen) atoms. The Morgan fingerprint density at radius 1 is 1.28 bits per heavy atom. The van der Waals surface area contributed by atoms with Crippen molar-refractivity contribution in [3.8, 4) is 22.9 Å². The first-order valence-electron chi connectivity index (χ1n) is 11.8. The topological polar surface area (TPSA) is 83.9 Å². The Bertz CT molecular complexity index is 1160. The number of aromatic amines is 1. The van der Waals surface area contributed by atoms with Crippen molar-refractivity contribution in [3.05, 3.63) is 41.4 Å². The van der Waals surface area contributed by atoms with Crippen LogP contribution in [0.1, 0.15) is 76.8 Å². The fraction of sp³-hybridized carbons (Fsp3) is 0.500. The van der Waals surface area contributed by atoms with E-state index in [2.05, 4.69) is 54.8 Å². The highest BCUT2D eigenvalue weighted by molar-refractivity contribution is 5.80. The van der Waals surface area contributed by atoms with E-state index >= 15 is 0 Å². The molecule has 1 aliphatic heterocycles. The molecule has 0 spiro atoms. The van der Waals surface area contributed by atoms with Crippen LogP contribution in [-0.2, 0) is 6.42 Å². The fourth-order valence-electron chi connectivity index (χ4n) is 5.52. The summed E-state index contributed by atoms with van der Waals surface area (Å²) in [4.78, 5) is 16.4. The molecule has 1 aromatic carbocycles. The Morgan fingerprint density at radius 2 is 2.12 bits per heavy atom. The van der Waals surface area contributed by atoms with Crippen LogP contribution in [0, 0.1) is 5.92 Å². The molecule has 5 rings (SSSR count). The van der Waals surface area contributed by atoms with Crippen LogP contribution in [-0.4, -0.2) is 30.6 Å². The van der Waals surface area contributed by atoms with Gasteiger partial charge in [-0.25, -0.2) is 15.0 Å². The lowest BCUT2D eigenvalue weighted by molar-refractivity contribution is 0.0108. The second-order valence-corrected chi connectivity index (χ2v) is 9.86. The van der Waals surface area contributed by atoms with E-state index in [1.165, 1.54) is 11.9 Å². The number of nitrogens with one attached hydrogen (secondary N) is 1. The lowest BCUT2D eigenvalue weighted by Crippen LogP contribution is -2.45. The fourth-order valence-corrected chi connectivity index (χ4v) is 5.52. The van der Waals surface area contributed by atoms with Crippen LogP contribution in [0.5, 0.6) is 11.5 Å². The van der Waals surface area contributed by atoms with E-state index < -0.39 is 0 Å². The lowest BCUT2D eigenvalue weighted by atomic mass is 9.67. The number of aromatic hydroxyl groups is 1. The third kappa shape index (κ3) is 3.46. The van der Waals surface area contributed by atoms with Gasteiger partial charge in [0.15, 0.2) is 5.65 Å². The summed E-state index contributed by atoms with van der Waals surface area (Å²) in [5.41, 5.74) is 5.21. The Balaban J connectivity index is 1.72. The van der Waals surface area contributed by atoms with Crippen LogP contribution in [0.3, 0.4) is 0 Å². The minimum atomic E-state index is -0.279. The standard InChI is InChI=1S/C26H32N4O2/c1-5-6-7-8-16-12-20-22(17-11-15(2)9-10-18(17)26(3,4)32-20)23(31)21(16)25-29-19-13-27-14-28-24(19)30-25/h11-14,17-18,31H,5-10H2,1-4H3,(H,27,28,29,30). The number of benzene rings is 1. The number of phenolic OH excluding ortho intramolecular Hbond substituents is 1. The zero-order valence-electron chi connectivity index (χ0n) is 19.4. The van der Waals surface area contributed by atoms with Gasteiger partial charge in [-0.2, -0.15) is 0 Å². The third-order valence-electron chi connectivity index (χ3n) is 7.18. The Labute approximate surface area is 189 Å². The van der Waals surface area contributed by atoms with Crippen LogP contribution in [0.15, 0.2) is 30.2 Å². The molecule has 6 nitrogen and oxygen atoms in total. The van der Waals surface area contributed by atoms with Gasteiger partial charge in [0.2, 0.25) is 0 Å². The van der Waals surface area contributed by atoms with E-state index in [0.29, 0.717) is 22.9 Å². The van der Waals surface area contributed by atoms with Crippen molar-refractivity contribution >= 4 is 11.2 Å². The van der Waals surface area contributed by atoms with Crippen molar-refractivity contribution in [2.45, 2.75) is 77.7 Å². The molecule has 2 N–H and O–H groups in total. The van der Waals surface area contributed by atoms with Crippen LogP contribution in [0.25, 0.3) is 22.6 Å². The highest BCUT2D eigenvalue weighted by Gasteiger charge is 2.46. The second kappa shape index (κ2) is 7.91. The van der Waals surface area contributed by atoms with Gasteiger partial charge >= 0.3 is 0 Å². The van der Waals surface area contributed by atoms with Gasteiger partial charge in [0.05, 0.1) is 11.8 Å². The maximum atomic E-state index is 11.7. The molecular weight excluding hydrogens is 400 g/mol. The zero-order chi connectivity index (χ0) is 22.5. The number of aryl methyl sites for hydroxylation is 1. The molecule has 1 aliphatic carbocycles. The number of hydrogen-bond donors (Lipinski definition) is 2. The van der Waals surface area contributed by atoms with Gasteiger partial charge in [-0.1, -0.05) is 31.4 Å². The average Bonchev–Trinajstić information content (AvgIpc) is 3.16. The number of fused-ring (bicyclic) bond motifs is 4. The zero-order valence-corrected chi connectivity index (χ0v) is 19.4. The number of imidazole rings is 1. The Morgan fingerprint density at radius 3 is 2.91 bits per heavy atom. The molecule has 2 unspecified atom stereocenters. The van der Waals surface area contributed by atoms with E-state index in [1.807, 2.05) is 0 Å². The van der Waals surface area contributed by atoms with Crippen molar-refractivity contribution in [1.82, 2.24) is 19.9 Å². The summed E-state index contributed by atoms with van der Waals surface area (Å²) in [6, 6.07) is 2.15. The van der Waals surface area contributed by atoms with E-state index in [9.17, 15) is 5.11 Å². The largest absolute Gasteiger partial charge is 0.507 e. The highest BCUT2D eigenvalue weighted by Crippen LogP contribution is 2.55. The first kappa shape index (κ1) is 21.0. The second-order valence-electron chi connectivity index (χ2n) is 9.86. The summed E-state index contributed by atoms with van der Waals surface area (Å²) in [6.45, 7) is 8.75. The molecule has 3 aromatic rings. The number of rotatable bonds is 5. The monoisotopic (exact) mass is 432 g/mol. The third-order valence-corrected chi connectivity index (χ3v) is 7.18. The van der Waals surface area contributed by atoms with Gasteiger partial charge in [-0.3, -0.25) is 0 Å². The predicted molar refractivity (Wildman–Crippen MR) is 126 cm³/mol. The first-order valence-corrected chi connectivity index (χ1v) is 11.8. The Hall–Kier alpha value is -2.89. The minimum Gasteiger partial charge on any atom is -0.507 e. The van der Waals surface area contributed by atoms with Crippen molar-refractivity contribution < 1.29 is 9.84 Å². The maximum absolute atomic E-state index is 11.7. The van der Waals surface area contributed by atoms with E-state index in [1.54, 1.807) is 6.20 Å². The number of ether oxygens (including phenoxy) is 1. The molecule has 0 saturated heterocycles. The SMILES string of the molecule is CCCCCc1cc2c(c(O)c1-c1nc3cncnc3[nH]1)C1C=C(C)CCC1C(C)(C)O2. The smallest absolute Gasteiger partial charge is 0.161 e. The van der Waals surface area contributed by atoms with Gasteiger partial charge in [-0.05, 0) is 58.1 Å². The van der Waals surface area contributed by atoms with Gasteiger partial charge in [0.25, 0.3) is 0 Å². The van der Waals surface area contributed by atoms with E-state index in [-0.39, 0.29) is 17.3 Å². The van der Waals surface area contributed by atoms with Gasteiger partial charge in [0.1, 0.15) is 34.8 Å². The van der Waals surface area contributed by atoms with Crippen molar-refractivity contribution in [2.75, 3.05) is 0 Å². The van der Waals surface area contributed by atoms with Crippen LogP contribution >= 0.6 is 0 Å². The quantitative estimate of drug-likeness (QED) is 0.378. The van der Waals surface area contributed by atoms with E-state index in [0.717, 1.165) is 61.0 Å². The molecule has 3 heterocycles. The maximum Gasteiger partial charge on any atom is 0.161 e. The molecular formula is C26H32N4O2. The molecule has 0 radical (unpaired) electrons.